The Bertz CT molecular complexity index is 3960. The maximum absolute atomic E-state index is 14.7. The van der Waals surface area contributed by atoms with Crippen molar-refractivity contribution in [3.8, 4) is 11.3 Å². The number of allylic oxidation sites excluding steroid dienone is 6. The van der Waals surface area contributed by atoms with Crippen LogP contribution in [0.5, 0.6) is 0 Å². The minimum Gasteiger partial charge on any atom is -0.460 e. The number of aryl methyl sites for hydroxylation is 1. The highest BCUT2D eigenvalue weighted by atomic mass is 16.6. The number of ether oxygens (including phenoxy) is 14. The largest absolute Gasteiger partial charge is 0.460 e. The Morgan fingerprint density at radius 3 is 2.04 bits per heavy atom. The van der Waals surface area contributed by atoms with Crippen molar-refractivity contribution < 1.29 is 110 Å². The van der Waals surface area contributed by atoms with Gasteiger partial charge in [0.2, 0.25) is 5.79 Å². The van der Waals surface area contributed by atoms with Crippen LogP contribution < -0.4 is 5.73 Å². The minimum absolute atomic E-state index is 0.00341. The lowest BCUT2D eigenvalue weighted by atomic mass is 9.78. The SMILES string of the molecule is CCOCCOCCOCCC(=O)CCCCCn1nc(-c2cnc3[nH]ccc3c2)c2c(N)ncnc21.CCOCCOCCOCCOCCOCCCC(=O)O[C@@H]1CC[C@@H](C[C@@H](C)[C@@H]2CC(=O)[C@H](C)/C=C(\C)[C@@H](O)[C@@H](OC)C(=O)[C@H](C)C[C@H](C)/C=C/C=C/C=C(\C)[C@@H](OC)C[C@@H]3CC[C@@H](C)[C@@](O)(O3)C(=O)C(=O)N3CCCC[C@H]3C(=O)O2)C[C@H]1OC. The fourth-order valence-electron chi connectivity index (χ4n) is 15.9. The number of nitrogen functional groups attached to an aromatic ring is 1. The Hall–Kier alpha value is -7.47. The van der Waals surface area contributed by atoms with E-state index < -0.39 is 95.9 Å². The first-order valence-electron chi connectivity index (χ1n) is 44.1. The Kier molecular flexibility index (Phi) is 45.9. The number of Topliss-reactive ketones (excluding diaryl/α,β-unsaturated/α-hetero) is 4. The van der Waals surface area contributed by atoms with E-state index in [1.165, 1.54) is 18.3 Å². The number of amides is 1. The summed E-state index contributed by atoms with van der Waals surface area (Å²) in [6, 6.07) is 2.81. The summed E-state index contributed by atoms with van der Waals surface area (Å²) < 4.78 is 81.2. The van der Waals surface area contributed by atoms with Gasteiger partial charge in [-0.3, -0.25) is 28.8 Å². The van der Waals surface area contributed by atoms with Gasteiger partial charge in [0.1, 0.15) is 65.5 Å². The Labute approximate surface area is 720 Å². The number of hydrogen-bond acceptors (Lipinski definition) is 28. The number of carbonyl (C=O) groups excluding carboxylic acids is 7. The monoisotopic (exact) mass is 1710 g/mol. The number of aliphatic hydroxyl groups is 2. The quantitative estimate of drug-likeness (QED) is 0.0139. The van der Waals surface area contributed by atoms with E-state index >= 15 is 0 Å². The van der Waals surface area contributed by atoms with Gasteiger partial charge < -0.3 is 92.1 Å². The summed E-state index contributed by atoms with van der Waals surface area (Å²) in [5, 5.41) is 30.2. The number of aromatic amines is 1. The molecule has 122 heavy (non-hydrogen) atoms. The summed E-state index contributed by atoms with van der Waals surface area (Å²) in [6.45, 7) is 25.3. The maximum Gasteiger partial charge on any atom is 0.329 e. The predicted octanol–water partition coefficient (Wildman–Crippen LogP) is 11.2. The molecule has 8 rings (SSSR count). The van der Waals surface area contributed by atoms with Crippen LogP contribution >= 0.6 is 0 Å². The number of carbonyl (C=O) groups is 7. The number of cyclic esters (lactones) is 1. The van der Waals surface area contributed by atoms with Crippen molar-refractivity contribution in [2.45, 2.75) is 245 Å². The average molecular weight is 1710 g/mol. The second-order valence-corrected chi connectivity index (χ2v) is 32.5. The van der Waals surface area contributed by atoms with Gasteiger partial charge in [-0.2, -0.15) is 5.10 Å². The molecule has 682 valence electrons. The summed E-state index contributed by atoms with van der Waals surface area (Å²) in [7, 11) is 4.52. The smallest absolute Gasteiger partial charge is 0.329 e. The van der Waals surface area contributed by atoms with Gasteiger partial charge in [-0.25, -0.2) is 24.4 Å². The lowest BCUT2D eigenvalue weighted by Gasteiger charge is -2.42. The van der Waals surface area contributed by atoms with Crippen LogP contribution in [-0.2, 0) is 106 Å². The first-order valence-corrected chi connectivity index (χ1v) is 44.1. The number of nitrogens with one attached hydrogen (secondary N) is 1. The molecule has 1 saturated carbocycles. The van der Waals surface area contributed by atoms with Gasteiger partial charge in [-0.05, 0) is 152 Å². The number of ketones is 4. The third kappa shape index (κ3) is 32.8. The molecule has 4 aromatic rings. The molecule has 31 nitrogen and oxygen atoms in total. The summed E-state index contributed by atoms with van der Waals surface area (Å²) >= 11 is 0. The number of aromatic nitrogens is 6. The van der Waals surface area contributed by atoms with E-state index in [0.29, 0.717) is 213 Å². The highest BCUT2D eigenvalue weighted by Gasteiger charge is 2.53. The molecule has 0 unspecified atom stereocenters. The summed E-state index contributed by atoms with van der Waals surface area (Å²) in [6.07, 6.45) is 19.9. The molecule has 1 amide bonds. The molecule has 31 heteroatoms. The molecular weight excluding hydrogens is 1570 g/mol. The Balaban J connectivity index is 0.000000456. The number of pyridine rings is 1. The molecule has 2 bridgehead atoms. The number of hydrogen-bond donors (Lipinski definition) is 4. The van der Waals surface area contributed by atoms with Gasteiger partial charge in [-0.1, -0.05) is 77.5 Å². The van der Waals surface area contributed by atoms with Crippen LogP contribution in [0.3, 0.4) is 0 Å². The summed E-state index contributed by atoms with van der Waals surface area (Å²) in [5.41, 5.74) is 10.5. The second-order valence-electron chi connectivity index (χ2n) is 32.5. The van der Waals surface area contributed by atoms with Crippen molar-refractivity contribution >= 4 is 68.9 Å². The zero-order valence-corrected chi connectivity index (χ0v) is 74.3. The number of methoxy groups -OCH3 is 3. The fourth-order valence-corrected chi connectivity index (χ4v) is 15.9. The van der Waals surface area contributed by atoms with Crippen molar-refractivity contribution in [1.82, 2.24) is 34.6 Å². The van der Waals surface area contributed by atoms with Crippen LogP contribution in [0.25, 0.3) is 33.3 Å². The molecule has 0 aromatic carbocycles. The predicted molar refractivity (Wildman–Crippen MR) is 459 cm³/mol. The maximum atomic E-state index is 14.7. The summed E-state index contributed by atoms with van der Waals surface area (Å²) in [5.74, 6) is -8.15. The van der Waals surface area contributed by atoms with Gasteiger partial charge >= 0.3 is 11.9 Å². The highest BCUT2D eigenvalue weighted by molar-refractivity contribution is 6.39. The third-order valence-corrected chi connectivity index (χ3v) is 23.1. The van der Waals surface area contributed by atoms with Crippen LogP contribution in [0.2, 0.25) is 0 Å². The molecule has 4 aromatic heterocycles. The molecule has 4 aliphatic rings. The van der Waals surface area contributed by atoms with E-state index in [4.69, 9.17) is 77.1 Å². The number of unbranched alkanes of at least 4 members (excludes halogenated alkanes) is 2. The van der Waals surface area contributed by atoms with Crippen molar-refractivity contribution in [3.63, 3.8) is 0 Å². The van der Waals surface area contributed by atoms with Crippen molar-refractivity contribution in [1.29, 1.82) is 0 Å². The molecular formula is C91H140N8O23. The zero-order chi connectivity index (χ0) is 88.4. The molecule has 3 fully saturated rings. The minimum atomic E-state index is -2.46. The molecule has 2 saturated heterocycles. The standard InChI is InChI=1S/C65H105NO19.C26H35N7O4/c1-12-78-29-30-80-33-34-82-36-35-81-32-31-79-28-18-22-58(68)83-54-26-24-50(40-57(54)76-10)39-46(5)56-42-53(67)45(4)38-48(7)60(70)61(77-11)59(69)47(6)37-43(2)19-14-13-15-20-44(3)55(75-9)41-51-25-23-49(8)65(74,85-51)62(71)63(72)66-27-17-16-21-52(66)64(73)84-56;1-2-35-12-13-37-15-14-36-11-8-21(34)6-4-3-5-10-33-26-22(24(27)30-18-31-26)23(32-33)20-16-19-7-9-28-25(19)29-17-20/h13-15,19-20,38,43,45-47,49-52,54-57,60-61,70,74H,12,16-18,21-37,39-42H2,1-11H3;7,9,16-18H,2-6,8,10-15H2,1H3,(H,28,29)(H2,27,30,31)/b15-13+,19-14+,44-20+,48-38+;/t43-,45-,46-,47-,49-,50+,51+,52+,54-,55+,56+,57-,60-,61+,65-;/m1./s1. The number of nitrogens with zero attached hydrogens (tertiary/aromatic N) is 6. The van der Waals surface area contributed by atoms with Crippen LogP contribution in [-0.4, -0.2) is 274 Å². The third-order valence-electron chi connectivity index (χ3n) is 23.1. The number of rotatable bonds is 41. The number of nitrogens with two attached hydrogens (primary N) is 1. The molecule has 0 radical (unpaired) electrons. The number of fused-ring (bicyclic) bond motifs is 5. The molecule has 7 heterocycles. The highest BCUT2D eigenvalue weighted by Crippen LogP contribution is 2.39. The lowest BCUT2D eigenvalue weighted by Crippen LogP contribution is -2.61. The normalized spacial score (nSPS) is 27.0. The van der Waals surface area contributed by atoms with E-state index in [2.05, 4.69) is 19.9 Å². The number of piperidine rings is 1. The van der Waals surface area contributed by atoms with Gasteiger partial charge in [0.25, 0.3) is 11.7 Å². The molecule has 5 N–H and O–H groups in total. The van der Waals surface area contributed by atoms with E-state index in [0.717, 1.165) is 52.5 Å². The topological polar surface area (TPSA) is 391 Å². The first kappa shape index (κ1) is 102. The van der Waals surface area contributed by atoms with E-state index in [9.17, 15) is 43.8 Å². The van der Waals surface area contributed by atoms with Crippen molar-refractivity contribution in [2.24, 2.45) is 35.5 Å². The number of H-pyrrole nitrogens is 1. The number of anilines is 1. The van der Waals surface area contributed by atoms with Gasteiger partial charge in [-0.15, -0.1) is 0 Å². The first-order chi connectivity index (χ1) is 58.9. The van der Waals surface area contributed by atoms with E-state index in [1.54, 1.807) is 47.3 Å². The molecule has 15 atom stereocenters. The van der Waals surface area contributed by atoms with Crippen molar-refractivity contribution in [3.05, 3.63) is 78.5 Å². The van der Waals surface area contributed by atoms with Gasteiger partial charge in [0.05, 0.1) is 110 Å². The van der Waals surface area contributed by atoms with Crippen LogP contribution in [0.4, 0.5) is 5.82 Å². The molecule has 3 aliphatic heterocycles. The van der Waals surface area contributed by atoms with Gasteiger partial charge in [0, 0.05) is 127 Å². The van der Waals surface area contributed by atoms with Crippen molar-refractivity contribution in [2.75, 3.05) is 139 Å². The number of esters is 2. The molecule has 0 spiro atoms. The zero-order valence-electron chi connectivity index (χ0n) is 74.3. The second kappa shape index (κ2) is 55.1. The Morgan fingerprint density at radius 1 is 0.705 bits per heavy atom. The molecule has 1 aliphatic carbocycles. The van der Waals surface area contributed by atoms with E-state index in [-0.39, 0.29) is 61.0 Å². The summed E-state index contributed by atoms with van der Waals surface area (Å²) in [4.78, 5) is 114. The van der Waals surface area contributed by atoms with Gasteiger partial charge in [0.15, 0.2) is 11.4 Å². The lowest BCUT2D eigenvalue weighted by molar-refractivity contribution is -0.265. The van der Waals surface area contributed by atoms with Crippen LogP contribution in [0.15, 0.2) is 78.5 Å². The number of aliphatic hydroxyl groups excluding tert-OH is 1. The Morgan fingerprint density at radius 2 is 1.38 bits per heavy atom. The van der Waals surface area contributed by atoms with Crippen LogP contribution in [0.1, 0.15) is 184 Å². The van der Waals surface area contributed by atoms with E-state index in [1.807, 2.05) is 94.9 Å². The van der Waals surface area contributed by atoms with Crippen LogP contribution in [0, 0.1) is 35.5 Å². The fraction of sp³-hybridized carbons (Fsp3) is 0.703. The average Bonchev–Trinajstić information content (AvgIpc) is 1.35.